The van der Waals surface area contributed by atoms with Crippen molar-refractivity contribution in [1.82, 2.24) is 15.7 Å². The van der Waals surface area contributed by atoms with Crippen LogP contribution in [0.15, 0.2) is 72.8 Å². The molecule has 234 valence electrons. The third-order valence-electron chi connectivity index (χ3n) is 8.39. The first-order chi connectivity index (χ1) is 21.5. The summed E-state index contributed by atoms with van der Waals surface area (Å²) in [7, 11) is 0. The highest BCUT2D eigenvalue weighted by Crippen LogP contribution is 2.39. The van der Waals surface area contributed by atoms with Crippen molar-refractivity contribution in [1.29, 1.82) is 0 Å². The first-order valence-electron chi connectivity index (χ1n) is 15.6. The molecule has 3 aromatic rings. The molecule has 2 heterocycles. The van der Waals surface area contributed by atoms with Gasteiger partial charge in [0.1, 0.15) is 0 Å². The number of likely N-dealkylation sites (tertiary alicyclic amines) is 1. The minimum atomic E-state index is -0.497. The predicted molar refractivity (Wildman–Crippen MR) is 166 cm³/mol. The number of rotatable bonds is 12. The second-order valence-corrected chi connectivity index (χ2v) is 11.7. The van der Waals surface area contributed by atoms with E-state index in [4.69, 9.17) is 14.7 Å². The molecule has 0 radical (unpaired) electrons. The number of ether oxygens (including phenoxy) is 2. The molecular weight excluding hydrogens is 558 g/mol. The molecule has 2 fully saturated rings. The minimum Gasteiger partial charge on any atom is -0.392 e. The molecule has 2 aliphatic heterocycles. The Morgan fingerprint density at radius 1 is 0.818 bits per heavy atom. The van der Waals surface area contributed by atoms with E-state index in [0.29, 0.717) is 13.0 Å². The molecule has 5 rings (SSSR count). The highest BCUT2D eigenvalue weighted by Gasteiger charge is 2.33. The van der Waals surface area contributed by atoms with Gasteiger partial charge in [0.2, 0.25) is 11.8 Å². The molecule has 44 heavy (non-hydrogen) atoms. The second-order valence-electron chi connectivity index (χ2n) is 11.7. The fraction of sp³-hybridized carbons (Fsp3) is 0.429. The van der Waals surface area contributed by atoms with Crippen LogP contribution in [0, 0.1) is 0 Å². The van der Waals surface area contributed by atoms with Gasteiger partial charge in [-0.3, -0.25) is 14.8 Å². The Bertz CT molecular complexity index is 1360. The second kappa shape index (κ2) is 15.9. The van der Waals surface area contributed by atoms with E-state index in [-0.39, 0.29) is 37.6 Å². The largest absolute Gasteiger partial charge is 0.392 e. The van der Waals surface area contributed by atoms with Gasteiger partial charge in [-0.25, -0.2) is 5.48 Å². The number of nitrogens with zero attached hydrogens (tertiary/aromatic N) is 1. The summed E-state index contributed by atoms with van der Waals surface area (Å²) in [6.07, 6.45) is 4.70. The minimum absolute atomic E-state index is 0.0202. The van der Waals surface area contributed by atoms with Gasteiger partial charge in [-0.15, -0.1) is 0 Å². The Morgan fingerprint density at radius 3 is 2.27 bits per heavy atom. The monoisotopic (exact) mass is 601 g/mol. The Hall–Kier alpha value is -3.60. The molecule has 0 aromatic heterocycles. The molecule has 0 spiro atoms. The molecule has 2 aliphatic rings. The first-order valence-corrected chi connectivity index (χ1v) is 15.6. The maximum Gasteiger partial charge on any atom is 0.243 e. The molecule has 0 saturated carbocycles. The van der Waals surface area contributed by atoms with Crippen LogP contribution in [0.1, 0.15) is 79.6 Å². The van der Waals surface area contributed by atoms with Gasteiger partial charge in [0.25, 0.3) is 0 Å². The number of benzene rings is 3. The molecule has 0 aliphatic carbocycles. The average Bonchev–Trinajstić information content (AvgIpc) is 3.08. The lowest BCUT2D eigenvalue weighted by Gasteiger charge is -2.39. The summed E-state index contributed by atoms with van der Waals surface area (Å²) >= 11 is 0. The molecule has 0 unspecified atom stereocenters. The van der Waals surface area contributed by atoms with Crippen molar-refractivity contribution >= 4 is 11.8 Å². The Morgan fingerprint density at radius 2 is 1.55 bits per heavy atom. The molecule has 3 atom stereocenters. The van der Waals surface area contributed by atoms with Gasteiger partial charge in [-0.05, 0) is 66.2 Å². The van der Waals surface area contributed by atoms with Crippen molar-refractivity contribution < 1.29 is 29.4 Å². The number of aliphatic hydroxyl groups excluding tert-OH is 1. The van der Waals surface area contributed by atoms with E-state index in [1.54, 1.807) is 5.48 Å². The molecule has 3 aromatic carbocycles. The lowest BCUT2D eigenvalue weighted by atomic mass is 9.98. The van der Waals surface area contributed by atoms with E-state index >= 15 is 0 Å². The van der Waals surface area contributed by atoms with Crippen molar-refractivity contribution in [2.75, 3.05) is 19.6 Å². The van der Waals surface area contributed by atoms with Crippen LogP contribution < -0.4 is 10.8 Å². The summed E-state index contributed by atoms with van der Waals surface area (Å²) in [5, 5.41) is 20.9. The molecule has 2 saturated heterocycles. The van der Waals surface area contributed by atoms with Crippen LogP contribution in [0.25, 0.3) is 11.1 Å². The normalized spacial score (nSPS) is 20.6. The maximum atomic E-state index is 12.2. The molecular formula is C35H43N3O6. The Kier molecular flexibility index (Phi) is 11.5. The number of hydroxylamine groups is 1. The number of carbonyl (C=O) groups is 2. The summed E-state index contributed by atoms with van der Waals surface area (Å²) in [4.78, 5) is 25.8. The van der Waals surface area contributed by atoms with E-state index in [1.807, 2.05) is 42.5 Å². The van der Waals surface area contributed by atoms with E-state index in [0.717, 1.165) is 59.4 Å². The van der Waals surface area contributed by atoms with E-state index in [2.05, 4.69) is 40.5 Å². The lowest BCUT2D eigenvalue weighted by Crippen LogP contribution is -2.41. The van der Waals surface area contributed by atoms with Crippen LogP contribution in [0.2, 0.25) is 0 Å². The molecule has 4 N–H and O–H groups in total. The van der Waals surface area contributed by atoms with Crippen LogP contribution in [0.5, 0.6) is 0 Å². The third-order valence-corrected chi connectivity index (χ3v) is 8.39. The third kappa shape index (κ3) is 8.97. The van der Waals surface area contributed by atoms with Gasteiger partial charge in [0.15, 0.2) is 6.29 Å². The van der Waals surface area contributed by atoms with Crippen LogP contribution in [-0.4, -0.2) is 52.8 Å². The number of piperidine rings is 1. The van der Waals surface area contributed by atoms with Crippen molar-refractivity contribution in [3.63, 3.8) is 0 Å². The van der Waals surface area contributed by atoms with Crippen molar-refractivity contribution in [3.8, 4) is 11.1 Å². The number of nitrogens with one attached hydrogen (secondary N) is 2. The summed E-state index contributed by atoms with van der Waals surface area (Å²) in [5.41, 5.74) is 7.58. The molecule has 2 amide bonds. The smallest absolute Gasteiger partial charge is 0.243 e. The van der Waals surface area contributed by atoms with Crippen LogP contribution >= 0.6 is 0 Å². The van der Waals surface area contributed by atoms with E-state index in [1.165, 1.54) is 19.3 Å². The van der Waals surface area contributed by atoms with Crippen LogP contribution in [0.4, 0.5) is 0 Å². The average molecular weight is 602 g/mol. The van der Waals surface area contributed by atoms with E-state index in [9.17, 15) is 14.7 Å². The zero-order valence-electron chi connectivity index (χ0n) is 25.1. The fourth-order valence-electron chi connectivity index (χ4n) is 5.91. The lowest BCUT2D eigenvalue weighted by molar-refractivity contribution is -0.253. The van der Waals surface area contributed by atoms with Crippen molar-refractivity contribution in [3.05, 3.63) is 95.1 Å². The molecule has 0 bridgehead atoms. The van der Waals surface area contributed by atoms with Gasteiger partial charge in [-0.1, -0.05) is 73.2 Å². The number of hydrogen-bond acceptors (Lipinski definition) is 7. The SMILES string of the molecule is O=C(CCCC(=O)NCc1cccc(-c2ccc([C@@H]3O[C@H](CN4CCCCC4)C[C@H](c4ccc(CO)cc4)O3)cc2)c1)NO. The van der Waals surface area contributed by atoms with Gasteiger partial charge in [-0.2, -0.15) is 0 Å². The Labute approximate surface area is 259 Å². The van der Waals surface area contributed by atoms with Gasteiger partial charge < -0.3 is 24.8 Å². The number of aliphatic hydroxyl groups is 1. The molecule has 9 nitrogen and oxygen atoms in total. The van der Waals surface area contributed by atoms with Gasteiger partial charge in [0.05, 0.1) is 18.8 Å². The number of amides is 2. The van der Waals surface area contributed by atoms with Gasteiger partial charge >= 0.3 is 0 Å². The summed E-state index contributed by atoms with van der Waals surface area (Å²) in [5.74, 6) is -0.636. The van der Waals surface area contributed by atoms with Crippen LogP contribution in [0.3, 0.4) is 0 Å². The quantitative estimate of drug-likeness (QED) is 0.167. The fourth-order valence-corrected chi connectivity index (χ4v) is 5.91. The Balaban J connectivity index is 1.24. The summed E-state index contributed by atoms with van der Waals surface area (Å²) in [6.45, 7) is 3.53. The zero-order valence-corrected chi connectivity index (χ0v) is 25.1. The van der Waals surface area contributed by atoms with Crippen LogP contribution in [-0.2, 0) is 32.2 Å². The predicted octanol–water partition coefficient (Wildman–Crippen LogP) is 5.17. The van der Waals surface area contributed by atoms with Gasteiger partial charge in [0, 0.05) is 37.9 Å². The maximum absolute atomic E-state index is 12.2. The number of hydrogen-bond donors (Lipinski definition) is 4. The topological polar surface area (TPSA) is 120 Å². The standard InChI is InChI=1S/C35H43N3O6/c39-24-25-10-12-28(13-11-25)32-21-31(23-38-18-2-1-3-19-38)43-35(44-32)29-16-14-27(15-17-29)30-7-4-6-26(20-30)22-36-33(40)8-5-9-34(41)37-42/h4,6-7,10-17,20,31-32,35,39,42H,1-3,5,8-9,18-19,21-24H2,(H,36,40)(H,37,41)/t31-,32+,35+/m0/s1. The van der Waals surface area contributed by atoms with E-state index < -0.39 is 12.2 Å². The summed E-state index contributed by atoms with van der Waals surface area (Å²) < 4.78 is 13.1. The highest BCUT2D eigenvalue weighted by atomic mass is 16.7. The zero-order chi connectivity index (χ0) is 30.7. The summed E-state index contributed by atoms with van der Waals surface area (Å²) in [6, 6.07) is 24.3. The van der Waals surface area contributed by atoms with Crippen molar-refractivity contribution in [2.45, 2.75) is 76.6 Å². The number of carbonyl (C=O) groups excluding carboxylic acids is 2. The highest BCUT2D eigenvalue weighted by molar-refractivity contribution is 5.78. The first kappa shape index (κ1) is 31.8. The molecule has 9 heteroatoms. The van der Waals surface area contributed by atoms with Crippen molar-refractivity contribution in [2.24, 2.45) is 0 Å².